The number of hydrogen-bond donors (Lipinski definition) is 2. The van der Waals surface area contributed by atoms with Crippen LogP contribution in [-0.4, -0.2) is 34.7 Å². The molecule has 4 nitrogen and oxygen atoms in total. The molecule has 1 rings (SSSR count). The molecule has 1 aromatic rings. The van der Waals surface area contributed by atoms with Gasteiger partial charge in [0.15, 0.2) is 0 Å². The van der Waals surface area contributed by atoms with Crippen LogP contribution in [0.15, 0.2) is 24.3 Å². The molecule has 0 saturated carbocycles. The summed E-state index contributed by atoms with van der Waals surface area (Å²) >= 11 is 0. The molecule has 0 saturated heterocycles. The smallest absolute Gasteiger partial charge is 0.307 e. The molecule has 4 heteroatoms. The van der Waals surface area contributed by atoms with Crippen LogP contribution in [0.1, 0.15) is 18.1 Å². The van der Waals surface area contributed by atoms with Crippen LogP contribution in [0.2, 0.25) is 0 Å². The van der Waals surface area contributed by atoms with Crippen LogP contribution in [0.5, 0.6) is 0 Å². The number of rotatable bonds is 6. The van der Waals surface area contributed by atoms with E-state index in [1.807, 2.05) is 36.2 Å². The molecule has 1 aromatic carbocycles. The van der Waals surface area contributed by atoms with Gasteiger partial charge in [-0.25, -0.2) is 0 Å². The van der Waals surface area contributed by atoms with E-state index >= 15 is 0 Å². The molecule has 0 amide bonds. The number of benzene rings is 1. The summed E-state index contributed by atoms with van der Waals surface area (Å²) in [5, 5.41) is 17.7. The maximum atomic E-state index is 10.7. The Morgan fingerprint density at radius 3 is 2.29 bits per heavy atom. The summed E-state index contributed by atoms with van der Waals surface area (Å²) in [6.45, 7) is 2.99. The van der Waals surface area contributed by atoms with Crippen LogP contribution >= 0.6 is 0 Å². The normalized spacial score (nSPS) is 12.7. The summed E-state index contributed by atoms with van der Waals surface area (Å²) in [6, 6.07) is 7.66. The Labute approximate surface area is 101 Å². The monoisotopic (exact) mass is 237 g/mol. The van der Waals surface area contributed by atoms with Crippen molar-refractivity contribution < 1.29 is 15.0 Å². The summed E-state index contributed by atoms with van der Waals surface area (Å²) in [5.74, 6) is -1.14. The Bertz CT molecular complexity index is 361. The Morgan fingerprint density at radius 2 is 1.82 bits per heavy atom. The van der Waals surface area contributed by atoms with Gasteiger partial charge in [-0.3, -0.25) is 4.79 Å². The van der Waals surface area contributed by atoms with Gasteiger partial charge in [-0.2, -0.15) is 0 Å². The van der Waals surface area contributed by atoms with Gasteiger partial charge in [0.2, 0.25) is 0 Å². The van der Waals surface area contributed by atoms with Gasteiger partial charge in [0.25, 0.3) is 0 Å². The molecule has 2 N–H and O–H groups in total. The van der Waals surface area contributed by atoms with Crippen molar-refractivity contribution in [2.24, 2.45) is 5.92 Å². The molecule has 0 aliphatic heterocycles. The lowest BCUT2D eigenvalue weighted by Gasteiger charge is -2.19. The van der Waals surface area contributed by atoms with Gasteiger partial charge in [-0.15, -0.1) is 0 Å². The average Bonchev–Trinajstić information content (AvgIpc) is 2.29. The fourth-order valence-electron chi connectivity index (χ4n) is 1.67. The van der Waals surface area contributed by atoms with E-state index < -0.39 is 5.97 Å². The summed E-state index contributed by atoms with van der Waals surface area (Å²) in [6.07, 6.45) is 0. The molecule has 0 heterocycles. The van der Waals surface area contributed by atoms with Crippen LogP contribution in [0, 0.1) is 5.92 Å². The number of carboxylic acids is 1. The maximum absolute atomic E-state index is 10.7. The zero-order chi connectivity index (χ0) is 12.8. The first-order valence-corrected chi connectivity index (χ1v) is 5.63. The average molecular weight is 237 g/mol. The quantitative estimate of drug-likeness (QED) is 0.783. The number of aliphatic carboxylic acids is 1. The highest BCUT2D eigenvalue weighted by Gasteiger charge is 2.13. The molecule has 94 valence electrons. The number of nitrogens with zero attached hydrogens (tertiary/aromatic N) is 1. The van der Waals surface area contributed by atoms with E-state index in [9.17, 15) is 4.79 Å². The maximum Gasteiger partial charge on any atom is 0.307 e. The highest BCUT2D eigenvalue weighted by molar-refractivity contribution is 5.69. The lowest BCUT2D eigenvalue weighted by molar-refractivity contribution is -0.141. The molecule has 0 aromatic heterocycles. The fraction of sp³-hybridized carbons (Fsp3) is 0.462. The topological polar surface area (TPSA) is 60.8 Å². The molecule has 0 radical (unpaired) electrons. The van der Waals surface area contributed by atoms with E-state index in [1.54, 1.807) is 6.92 Å². The minimum atomic E-state index is -0.771. The number of aliphatic hydroxyl groups is 1. The van der Waals surface area contributed by atoms with Crippen LogP contribution in [0.4, 0.5) is 0 Å². The van der Waals surface area contributed by atoms with E-state index in [4.69, 9.17) is 10.2 Å². The Balaban J connectivity index is 2.49. The molecule has 0 bridgehead atoms. The van der Waals surface area contributed by atoms with Gasteiger partial charge in [0.05, 0.1) is 12.5 Å². The first kappa shape index (κ1) is 13.7. The standard InChI is InChI=1S/C13H19NO3/c1-10(13(16)17)7-14(2)8-11-3-5-12(9-15)6-4-11/h3-6,10,15H,7-9H2,1-2H3,(H,16,17). The van der Waals surface area contributed by atoms with E-state index in [-0.39, 0.29) is 12.5 Å². The van der Waals surface area contributed by atoms with Gasteiger partial charge >= 0.3 is 5.97 Å². The molecule has 0 spiro atoms. The van der Waals surface area contributed by atoms with Crippen LogP contribution in [0.25, 0.3) is 0 Å². The summed E-state index contributed by atoms with van der Waals surface area (Å²) in [5.41, 5.74) is 2.00. The molecule has 1 unspecified atom stereocenters. The Kier molecular flexibility index (Phi) is 5.12. The van der Waals surface area contributed by atoms with Gasteiger partial charge in [-0.1, -0.05) is 31.2 Å². The number of carbonyl (C=O) groups is 1. The first-order valence-electron chi connectivity index (χ1n) is 5.63. The lowest BCUT2D eigenvalue weighted by atomic mass is 10.1. The van der Waals surface area contributed by atoms with Crippen molar-refractivity contribution in [3.8, 4) is 0 Å². The Morgan fingerprint density at radius 1 is 1.29 bits per heavy atom. The predicted molar refractivity (Wildman–Crippen MR) is 65.5 cm³/mol. The molecule has 0 aliphatic rings. The second kappa shape index (κ2) is 6.37. The molecule has 0 aliphatic carbocycles. The van der Waals surface area contributed by atoms with E-state index in [0.29, 0.717) is 13.1 Å². The van der Waals surface area contributed by atoms with E-state index in [2.05, 4.69) is 0 Å². The predicted octanol–water partition coefficient (Wildman–Crippen LogP) is 1.33. The summed E-state index contributed by atoms with van der Waals surface area (Å²) < 4.78 is 0. The van der Waals surface area contributed by atoms with Crippen molar-refractivity contribution >= 4 is 5.97 Å². The first-order chi connectivity index (χ1) is 8.02. The third-order valence-electron chi connectivity index (χ3n) is 2.67. The second-order valence-corrected chi connectivity index (χ2v) is 4.41. The molecular formula is C13H19NO3. The molecule has 0 fully saturated rings. The highest BCUT2D eigenvalue weighted by atomic mass is 16.4. The molecule has 1 atom stereocenters. The zero-order valence-electron chi connectivity index (χ0n) is 10.3. The number of hydrogen-bond acceptors (Lipinski definition) is 3. The molecular weight excluding hydrogens is 218 g/mol. The van der Waals surface area contributed by atoms with Crippen molar-refractivity contribution in [2.45, 2.75) is 20.1 Å². The SMILES string of the molecule is CC(CN(C)Cc1ccc(CO)cc1)C(=O)O. The van der Waals surface area contributed by atoms with Crippen molar-refractivity contribution in [3.63, 3.8) is 0 Å². The fourth-order valence-corrected chi connectivity index (χ4v) is 1.67. The van der Waals surface area contributed by atoms with E-state index in [1.165, 1.54) is 0 Å². The van der Waals surface area contributed by atoms with Crippen molar-refractivity contribution in [1.82, 2.24) is 4.90 Å². The summed E-state index contributed by atoms with van der Waals surface area (Å²) in [7, 11) is 1.90. The largest absolute Gasteiger partial charge is 0.481 e. The van der Waals surface area contributed by atoms with Gasteiger partial charge in [0, 0.05) is 13.1 Å². The van der Waals surface area contributed by atoms with Crippen molar-refractivity contribution in [3.05, 3.63) is 35.4 Å². The third-order valence-corrected chi connectivity index (χ3v) is 2.67. The van der Waals surface area contributed by atoms with Crippen LogP contribution in [0.3, 0.4) is 0 Å². The number of aliphatic hydroxyl groups excluding tert-OH is 1. The van der Waals surface area contributed by atoms with E-state index in [0.717, 1.165) is 11.1 Å². The van der Waals surface area contributed by atoms with Gasteiger partial charge in [-0.05, 0) is 18.2 Å². The third kappa shape index (κ3) is 4.54. The highest BCUT2D eigenvalue weighted by Crippen LogP contribution is 2.08. The summed E-state index contributed by atoms with van der Waals surface area (Å²) in [4.78, 5) is 12.7. The minimum Gasteiger partial charge on any atom is -0.481 e. The lowest BCUT2D eigenvalue weighted by Crippen LogP contribution is -2.28. The Hall–Kier alpha value is -1.39. The van der Waals surface area contributed by atoms with Crippen molar-refractivity contribution in [2.75, 3.05) is 13.6 Å². The van der Waals surface area contributed by atoms with Crippen LogP contribution < -0.4 is 0 Å². The molecule has 17 heavy (non-hydrogen) atoms. The van der Waals surface area contributed by atoms with Gasteiger partial charge in [0.1, 0.15) is 0 Å². The second-order valence-electron chi connectivity index (χ2n) is 4.41. The van der Waals surface area contributed by atoms with Gasteiger partial charge < -0.3 is 15.1 Å². The van der Waals surface area contributed by atoms with Crippen molar-refractivity contribution in [1.29, 1.82) is 0 Å². The van der Waals surface area contributed by atoms with Crippen LogP contribution in [-0.2, 0) is 17.9 Å². The zero-order valence-corrected chi connectivity index (χ0v) is 10.3. The minimum absolute atomic E-state index is 0.0478. The number of carboxylic acid groups (broad SMARTS) is 1.